The number of benzene rings is 1. The van der Waals surface area contributed by atoms with E-state index in [1.807, 2.05) is 18.5 Å². The van der Waals surface area contributed by atoms with Crippen molar-refractivity contribution >= 4 is 0 Å². The highest BCUT2D eigenvalue weighted by atomic mass is 14.9. The monoisotopic (exact) mass is 254 g/mol. The first-order valence-electron chi connectivity index (χ1n) is 7.06. The molecule has 0 bridgehead atoms. The third-order valence-corrected chi connectivity index (χ3v) is 3.55. The van der Waals surface area contributed by atoms with E-state index in [2.05, 4.69) is 54.1 Å². The predicted molar refractivity (Wildman–Crippen MR) is 79.0 cm³/mol. The molecule has 0 N–H and O–H groups in total. The molecule has 1 heterocycles. The Kier molecular flexibility index (Phi) is 5.08. The third kappa shape index (κ3) is 4.47. The molecule has 0 aliphatic carbocycles. The van der Waals surface area contributed by atoms with Crippen LogP contribution < -0.4 is 0 Å². The van der Waals surface area contributed by atoms with Crippen LogP contribution in [0, 0.1) is 5.92 Å². The zero-order chi connectivity index (χ0) is 13.5. The summed E-state index contributed by atoms with van der Waals surface area (Å²) < 4.78 is 0. The number of hydrogen-bond donors (Lipinski definition) is 0. The van der Waals surface area contributed by atoms with Crippen LogP contribution in [0.4, 0.5) is 0 Å². The average molecular weight is 254 g/mol. The van der Waals surface area contributed by atoms with Crippen molar-refractivity contribution < 1.29 is 0 Å². The summed E-state index contributed by atoms with van der Waals surface area (Å²) in [5.74, 6) is 2.11. The van der Waals surface area contributed by atoms with Crippen molar-refractivity contribution in [3.05, 3.63) is 60.2 Å². The fraction of sp³-hybridized carbons (Fsp3) is 0.412. The Hall–Kier alpha value is -1.70. The van der Waals surface area contributed by atoms with Gasteiger partial charge in [0.15, 0.2) is 0 Å². The number of rotatable bonds is 6. The quantitative estimate of drug-likeness (QED) is 0.770. The normalized spacial score (nSPS) is 14.0. The highest BCUT2D eigenvalue weighted by molar-refractivity contribution is 5.15. The summed E-state index contributed by atoms with van der Waals surface area (Å²) in [5, 5.41) is 0. The van der Waals surface area contributed by atoms with E-state index in [0.29, 0.717) is 11.8 Å². The molecule has 1 aromatic carbocycles. The Morgan fingerprint density at radius 2 is 1.58 bits per heavy atom. The second kappa shape index (κ2) is 7.03. The van der Waals surface area contributed by atoms with E-state index in [0.717, 1.165) is 18.7 Å². The summed E-state index contributed by atoms with van der Waals surface area (Å²) in [6.07, 6.45) is 7.17. The van der Waals surface area contributed by atoms with Crippen molar-refractivity contribution in [2.45, 2.75) is 39.0 Å². The van der Waals surface area contributed by atoms with Crippen LogP contribution in [0.2, 0.25) is 0 Å². The van der Waals surface area contributed by atoms with Gasteiger partial charge < -0.3 is 0 Å². The molecule has 2 unspecified atom stereocenters. The highest BCUT2D eigenvalue weighted by Crippen LogP contribution is 2.21. The van der Waals surface area contributed by atoms with Gasteiger partial charge in [-0.3, -0.25) is 0 Å². The molecule has 0 aliphatic heterocycles. The Morgan fingerprint density at radius 1 is 0.895 bits per heavy atom. The standard InChI is InChI=1S/C17H22N2/c1-14(13-16-7-4-3-5-8-16)9-10-15(2)17-18-11-6-12-19-17/h3-8,11-12,14-15H,9-10,13H2,1-2H3. The van der Waals surface area contributed by atoms with Gasteiger partial charge in [0.25, 0.3) is 0 Å². The molecule has 100 valence electrons. The van der Waals surface area contributed by atoms with Gasteiger partial charge in [0.05, 0.1) is 0 Å². The molecule has 0 saturated heterocycles. The van der Waals surface area contributed by atoms with Crippen LogP contribution in [0.1, 0.15) is 44.0 Å². The van der Waals surface area contributed by atoms with Crippen molar-refractivity contribution in [1.82, 2.24) is 9.97 Å². The van der Waals surface area contributed by atoms with E-state index < -0.39 is 0 Å². The Bertz CT molecular complexity index is 467. The van der Waals surface area contributed by atoms with Crippen LogP contribution in [0.5, 0.6) is 0 Å². The van der Waals surface area contributed by atoms with Crippen molar-refractivity contribution in [2.24, 2.45) is 5.92 Å². The molecular weight excluding hydrogens is 232 g/mol. The first-order chi connectivity index (χ1) is 9.25. The molecule has 2 aromatic rings. The molecule has 2 rings (SSSR count). The summed E-state index contributed by atoms with van der Waals surface area (Å²) in [5.41, 5.74) is 1.43. The van der Waals surface area contributed by atoms with E-state index in [-0.39, 0.29) is 0 Å². The maximum absolute atomic E-state index is 4.33. The highest BCUT2D eigenvalue weighted by Gasteiger charge is 2.11. The van der Waals surface area contributed by atoms with E-state index in [1.54, 1.807) is 0 Å². The lowest BCUT2D eigenvalue weighted by Crippen LogP contribution is -2.05. The number of hydrogen-bond acceptors (Lipinski definition) is 2. The first-order valence-corrected chi connectivity index (χ1v) is 7.06. The predicted octanol–water partition coefficient (Wildman–Crippen LogP) is 4.24. The van der Waals surface area contributed by atoms with Gasteiger partial charge in [-0.25, -0.2) is 9.97 Å². The minimum absolute atomic E-state index is 0.444. The second-order valence-electron chi connectivity index (χ2n) is 5.38. The molecule has 1 aromatic heterocycles. The average Bonchev–Trinajstić information content (AvgIpc) is 2.47. The van der Waals surface area contributed by atoms with Crippen molar-refractivity contribution in [1.29, 1.82) is 0 Å². The van der Waals surface area contributed by atoms with Crippen molar-refractivity contribution in [2.75, 3.05) is 0 Å². The lowest BCUT2D eigenvalue weighted by Gasteiger charge is -2.14. The summed E-state index contributed by atoms with van der Waals surface area (Å²) in [6.45, 7) is 4.54. The van der Waals surface area contributed by atoms with Crippen molar-refractivity contribution in [3.8, 4) is 0 Å². The maximum atomic E-state index is 4.33. The lowest BCUT2D eigenvalue weighted by molar-refractivity contribution is 0.472. The van der Waals surface area contributed by atoms with E-state index in [9.17, 15) is 0 Å². The molecule has 2 nitrogen and oxygen atoms in total. The van der Waals surface area contributed by atoms with E-state index >= 15 is 0 Å². The number of aromatic nitrogens is 2. The van der Waals surface area contributed by atoms with E-state index in [4.69, 9.17) is 0 Å². The van der Waals surface area contributed by atoms with Gasteiger partial charge in [-0.05, 0) is 36.8 Å². The van der Waals surface area contributed by atoms with Gasteiger partial charge >= 0.3 is 0 Å². The van der Waals surface area contributed by atoms with Gasteiger partial charge in [0.2, 0.25) is 0 Å². The Labute approximate surface area is 115 Å². The van der Waals surface area contributed by atoms with Crippen LogP contribution in [0.25, 0.3) is 0 Å². The minimum atomic E-state index is 0.444. The van der Waals surface area contributed by atoms with Crippen LogP contribution in [0.3, 0.4) is 0 Å². The Morgan fingerprint density at radius 3 is 2.26 bits per heavy atom. The summed E-state index contributed by atoms with van der Waals surface area (Å²) >= 11 is 0. The zero-order valence-electron chi connectivity index (χ0n) is 11.8. The Balaban J connectivity index is 1.79. The SMILES string of the molecule is CC(CCC(C)c1ncccn1)Cc1ccccc1. The van der Waals surface area contributed by atoms with Gasteiger partial charge in [0, 0.05) is 18.3 Å². The van der Waals surface area contributed by atoms with Crippen LogP contribution >= 0.6 is 0 Å². The molecule has 2 atom stereocenters. The number of nitrogens with zero attached hydrogens (tertiary/aromatic N) is 2. The molecule has 0 aliphatic rings. The summed E-state index contributed by atoms with van der Waals surface area (Å²) in [7, 11) is 0. The molecule has 0 fully saturated rings. The maximum Gasteiger partial charge on any atom is 0.130 e. The smallest absolute Gasteiger partial charge is 0.130 e. The van der Waals surface area contributed by atoms with Crippen LogP contribution in [0.15, 0.2) is 48.8 Å². The van der Waals surface area contributed by atoms with Gasteiger partial charge in [-0.2, -0.15) is 0 Å². The first kappa shape index (κ1) is 13.7. The second-order valence-corrected chi connectivity index (χ2v) is 5.38. The summed E-state index contributed by atoms with van der Waals surface area (Å²) in [4.78, 5) is 8.66. The molecule has 0 saturated carbocycles. The van der Waals surface area contributed by atoms with Crippen molar-refractivity contribution in [3.63, 3.8) is 0 Å². The van der Waals surface area contributed by atoms with Gasteiger partial charge in [-0.1, -0.05) is 44.2 Å². The largest absolute Gasteiger partial charge is 0.241 e. The van der Waals surface area contributed by atoms with Crippen LogP contribution in [-0.2, 0) is 6.42 Å². The minimum Gasteiger partial charge on any atom is -0.241 e. The summed E-state index contributed by atoms with van der Waals surface area (Å²) in [6, 6.07) is 12.6. The zero-order valence-corrected chi connectivity index (χ0v) is 11.8. The molecule has 0 amide bonds. The lowest BCUT2D eigenvalue weighted by atomic mass is 9.92. The third-order valence-electron chi connectivity index (χ3n) is 3.55. The topological polar surface area (TPSA) is 25.8 Å². The molecule has 2 heteroatoms. The molecule has 19 heavy (non-hydrogen) atoms. The molecular formula is C17H22N2. The molecule has 0 spiro atoms. The van der Waals surface area contributed by atoms with Gasteiger partial charge in [-0.15, -0.1) is 0 Å². The fourth-order valence-corrected chi connectivity index (χ4v) is 2.35. The molecule has 0 radical (unpaired) electrons. The van der Waals surface area contributed by atoms with Crippen LogP contribution in [-0.4, -0.2) is 9.97 Å². The fourth-order valence-electron chi connectivity index (χ4n) is 2.35. The van der Waals surface area contributed by atoms with Gasteiger partial charge in [0.1, 0.15) is 5.82 Å². The van der Waals surface area contributed by atoms with E-state index in [1.165, 1.54) is 12.0 Å².